The molecule has 112 valence electrons. The van der Waals surface area contributed by atoms with Gasteiger partial charge in [-0.15, -0.1) is 0 Å². The van der Waals surface area contributed by atoms with E-state index in [1.54, 1.807) is 31.0 Å². The van der Waals surface area contributed by atoms with Crippen molar-refractivity contribution >= 4 is 17.5 Å². The lowest BCUT2D eigenvalue weighted by atomic mass is 10.3. The molecule has 0 saturated heterocycles. The molecule has 1 amide bonds. The number of hydrogen-bond donors (Lipinski definition) is 1. The van der Waals surface area contributed by atoms with Crippen molar-refractivity contribution in [1.82, 2.24) is 20.3 Å². The summed E-state index contributed by atoms with van der Waals surface area (Å²) in [7, 11) is 1.73. The molecule has 0 aliphatic heterocycles. The Morgan fingerprint density at radius 3 is 2.90 bits per heavy atom. The highest BCUT2D eigenvalue weighted by atomic mass is 35.5. The van der Waals surface area contributed by atoms with Crippen LogP contribution in [0, 0.1) is 6.92 Å². The number of aryl methyl sites for hydroxylation is 1. The molecule has 0 unspecified atom stereocenters. The molecule has 0 aliphatic rings. The van der Waals surface area contributed by atoms with Gasteiger partial charge >= 0.3 is 0 Å². The van der Waals surface area contributed by atoms with E-state index in [0.29, 0.717) is 36.0 Å². The van der Waals surface area contributed by atoms with Crippen molar-refractivity contribution in [2.75, 3.05) is 20.2 Å². The van der Waals surface area contributed by atoms with Gasteiger partial charge in [0.15, 0.2) is 5.69 Å². The monoisotopic (exact) mass is 308 g/mol. The zero-order valence-electron chi connectivity index (χ0n) is 12.0. The van der Waals surface area contributed by atoms with E-state index < -0.39 is 0 Å². The fourth-order valence-electron chi connectivity index (χ4n) is 1.82. The van der Waals surface area contributed by atoms with Gasteiger partial charge in [-0.2, -0.15) is 15.4 Å². The number of nitrogens with one attached hydrogen (secondary N) is 1. The lowest BCUT2D eigenvalue weighted by molar-refractivity contribution is 0.0781. The number of carbonyl (C=O) groups is 1. The molecule has 0 aliphatic carbocycles. The van der Waals surface area contributed by atoms with E-state index in [1.807, 2.05) is 12.1 Å². The molecule has 2 rings (SSSR count). The summed E-state index contributed by atoms with van der Waals surface area (Å²) >= 11 is 5.87. The molecule has 6 nitrogen and oxygen atoms in total. The molecule has 21 heavy (non-hydrogen) atoms. The first kappa shape index (κ1) is 15.3. The molecule has 0 bridgehead atoms. The van der Waals surface area contributed by atoms with Gasteiger partial charge in [0.25, 0.3) is 5.91 Å². The van der Waals surface area contributed by atoms with Gasteiger partial charge in [0, 0.05) is 18.6 Å². The topological polar surface area (TPSA) is 71.1 Å². The number of benzene rings is 1. The second-order valence-electron chi connectivity index (χ2n) is 4.64. The number of carbonyl (C=O) groups excluding carboxylic acids is 1. The number of halogens is 1. The maximum atomic E-state index is 12.1. The number of H-pyrrole nitrogens is 1. The lowest BCUT2D eigenvalue weighted by Gasteiger charge is -2.16. The van der Waals surface area contributed by atoms with E-state index >= 15 is 0 Å². The van der Waals surface area contributed by atoms with Crippen molar-refractivity contribution < 1.29 is 9.53 Å². The number of nitrogens with zero attached hydrogens (tertiary/aromatic N) is 3. The Morgan fingerprint density at radius 2 is 2.24 bits per heavy atom. The summed E-state index contributed by atoms with van der Waals surface area (Å²) in [6, 6.07) is 7.23. The van der Waals surface area contributed by atoms with Gasteiger partial charge < -0.3 is 9.64 Å². The van der Waals surface area contributed by atoms with E-state index in [4.69, 9.17) is 16.3 Å². The Kier molecular flexibility index (Phi) is 5.16. The predicted molar refractivity (Wildman–Crippen MR) is 79.6 cm³/mol. The molecule has 0 saturated carbocycles. The number of rotatable bonds is 6. The fraction of sp³-hybridized carbons (Fsp3) is 0.357. The zero-order chi connectivity index (χ0) is 15.2. The number of hydrogen-bond acceptors (Lipinski definition) is 4. The molecule has 1 N–H and O–H groups in total. The third kappa shape index (κ3) is 4.19. The van der Waals surface area contributed by atoms with Crippen LogP contribution in [0.4, 0.5) is 0 Å². The quantitative estimate of drug-likeness (QED) is 0.831. The Hall–Kier alpha value is -2.08. The average molecular weight is 309 g/mol. The summed E-state index contributed by atoms with van der Waals surface area (Å²) < 4.78 is 5.57. The van der Waals surface area contributed by atoms with Crippen LogP contribution in [0.15, 0.2) is 24.3 Å². The van der Waals surface area contributed by atoms with Crippen LogP contribution < -0.4 is 4.74 Å². The number of ether oxygens (including phenoxy) is 1. The largest absolute Gasteiger partial charge is 0.493 e. The van der Waals surface area contributed by atoms with Gasteiger partial charge in [-0.1, -0.05) is 17.7 Å². The van der Waals surface area contributed by atoms with Crippen LogP contribution in [0.25, 0.3) is 0 Å². The first-order chi connectivity index (χ1) is 10.1. The van der Waals surface area contributed by atoms with Crippen LogP contribution >= 0.6 is 11.6 Å². The number of aromatic nitrogens is 3. The minimum absolute atomic E-state index is 0.149. The second kappa shape index (κ2) is 7.08. The standard InChI is InChI=1S/C14H17ClN4O2/c1-10-13(17-18-16-10)14(20)19(2)7-4-8-21-12-6-3-5-11(15)9-12/h3,5-6,9H,4,7-8H2,1-2H3,(H,16,17,18). The van der Waals surface area contributed by atoms with Crippen LogP contribution in [0.2, 0.25) is 5.02 Å². The molecule has 0 spiro atoms. The highest BCUT2D eigenvalue weighted by Gasteiger charge is 2.17. The summed E-state index contributed by atoms with van der Waals surface area (Å²) in [5.74, 6) is 0.577. The van der Waals surface area contributed by atoms with E-state index in [1.165, 1.54) is 0 Å². The molecule has 0 radical (unpaired) electrons. The Morgan fingerprint density at radius 1 is 1.43 bits per heavy atom. The van der Waals surface area contributed by atoms with E-state index in [-0.39, 0.29) is 5.91 Å². The molecular weight excluding hydrogens is 292 g/mol. The van der Waals surface area contributed by atoms with Crippen LogP contribution in [0.1, 0.15) is 22.6 Å². The average Bonchev–Trinajstić information content (AvgIpc) is 2.89. The Bertz CT molecular complexity index is 615. The number of aromatic amines is 1. The maximum Gasteiger partial charge on any atom is 0.276 e. The molecule has 1 aromatic heterocycles. The van der Waals surface area contributed by atoms with Crippen molar-refractivity contribution in [1.29, 1.82) is 0 Å². The van der Waals surface area contributed by atoms with E-state index in [2.05, 4.69) is 15.4 Å². The molecule has 0 fully saturated rings. The van der Waals surface area contributed by atoms with Crippen molar-refractivity contribution in [2.24, 2.45) is 0 Å². The van der Waals surface area contributed by atoms with Crippen molar-refractivity contribution in [3.63, 3.8) is 0 Å². The molecular formula is C14H17ClN4O2. The van der Waals surface area contributed by atoms with Gasteiger partial charge in [0.05, 0.1) is 12.3 Å². The highest BCUT2D eigenvalue weighted by molar-refractivity contribution is 6.30. The molecule has 0 atom stereocenters. The molecule has 1 aromatic carbocycles. The molecule has 1 heterocycles. The SMILES string of the molecule is Cc1n[nH]nc1C(=O)N(C)CCCOc1cccc(Cl)c1. The van der Waals surface area contributed by atoms with Crippen LogP contribution in [-0.4, -0.2) is 46.4 Å². The summed E-state index contributed by atoms with van der Waals surface area (Å²) in [5, 5.41) is 10.8. The summed E-state index contributed by atoms with van der Waals surface area (Å²) in [4.78, 5) is 13.7. The van der Waals surface area contributed by atoms with Gasteiger partial charge in [-0.25, -0.2) is 0 Å². The minimum Gasteiger partial charge on any atom is -0.493 e. The first-order valence-electron chi connectivity index (χ1n) is 6.59. The van der Waals surface area contributed by atoms with Crippen molar-refractivity contribution in [3.8, 4) is 5.75 Å². The smallest absolute Gasteiger partial charge is 0.276 e. The fourth-order valence-corrected chi connectivity index (χ4v) is 2.00. The Balaban J connectivity index is 1.76. The molecule has 7 heteroatoms. The number of amides is 1. The van der Waals surface area contributed by atoms with E-state index in [0.717, 1.165) is 5.75 Å². The van der Waals surface area contributed by atoms with Crippen molar-refractivity contribution in [2.45, 2.75) is 13.3 Å². The highest BCUT2D eigenvalue weighted by Crippen LogP contribution is 2.17. The predicted octanol–water partition coefficient (Wildman–Crippen LogP) is 2.31. The van der Waals surface area contributed by atoms with Crippen LogP contribution in [-0.2, 0) is 0 Å². The minimum atomic E-state index is -0.149. The Labute approximate surface area is 128 Å². The normalized spacial score (nSPS) is 10.4. The summed E-state index contributed by atoms with van der Waals surface area (Å²) in [6.45, 7) is 2.83. The zero-order valence-corrected chi connectivity index (χ0v) is 12.7. The second-order valence-corrected chi connectivity index (χ2v) is 5.08. The van der Waals surface area contributed by atoms with Gasteiger partial charge in [-0.05, 0) is 31.5 Å². The third-order valence-electron chi connectivity index (χ3n) is 2.97. The third-order valence-corrected chi connectivity index (χ3v) is 3.21. The van der Waals surface area contributed by atoms with E-state index in [9.17, 15) is 4.79 Å². The van der Waals surface area contributed by atoms with Crippen LogP contribution in [0.3, 0.4) is 0 Å². The summed E-state index contributed by atoms with van der Waals surface area (Å²) in [5.41, 5.74) is 0.954. The van der Waals surface area contributed by atoms with Crippen molar-refractivity contribution in [3.05, 3.63) is 40.7 Å². The lowest BCUT2D eigenvalue weighted by Crippen LogP contribution is -2.29. The maximum absolute atomic E-state index is 12.1. The van der Waals surface area contributed by atoms with Gasteiger partial charge in [0.1, 0.15) is 5.75 Å². The van der Waals surface area contributed by atoms with Gasteiger partial charge in [-0.3, -0.25) is 4.79 Å². The van der Waals surface area contributed by atoms with Crippen LogP contribution in [0.5, 0.6) is 5.75 Å². The summed E-state index contributed by atoms with van der Waals surface area (Å²) in [6.07, 6.45) is 0.714. The molecule has 2 aromatic rings. The van der Waals surface area contributed by atoms with Gasteiger partial charge in [0.2, 0.25) is 0 Å². The first-order valence-corrected chi connectivity index (χ1v) is 6.97.